The van der Waals surface area contributed by atoms with E-state index in [1.54, 1.807) is 0 Å². The molecule has 50 valence electrons. The molecule has 0 N–H and O–H groups in total. The van der Waals surface area contributed by atoms with Crippen molar-refractivity contribution in [3.05, 3.63) is 0 Å². The summed E-state index contributed by atoms with van der Waals surface area (Å²) in [5, 5.41) is 0. The number of hydrogen-bond acceptors (Lipinski definition) is 1. The van der Waals surface area contributed by atoms with E-state index in [0.717, 1.165) is 6.16 Å². The van der Waals surface area contributed by atoms with E-state index in [9.17, 15) is 4.57 Å². The van der Waals surface area contributed by atoms with Gasteiger partial charge in [0.1, 0.15) is 0 Å². The average Bonchev–Trinajstić information content (AvgIpc) is 1.21. The Balaban J connectivity index is 3.56. The van der Waals surface area contributed by atoms with Crippen molar-refractivity contribution in [2.24, 2.45) is 5.92 Å². The van der Waals surface area contributed by atoms with E-state index in [0.29, 0.717) is 5.92 Å². The third kappa shape index (κ3) is 6.23. The molecule has 0 saturated heterocycles. The van der Waals surface area contributed by atoms with Crippen LogP contribution < -0.4 is 0 Å². The minimum absolute atomic E-state index is 0.579. The van der Waals surface area contributed by atoms with E-state index >= 15 is 0 Å². The molecule has 2 heteroatoms. The molecule has 0 rings (SSSR count). The highest BCUT2D eigenvalue weighted by Crippen LogP contribution is 2.37. The van der Waals surface area contributed by atoms with E-state index in [-0.39, 0.29) is 0 Å². The van der Waals surface area contributed by atoms with Crippen LogP contribution in [0.1, 0.15) is 13.8 Å². The first kappa shape index (κ1) is 8.23. The van der Waals surface area contributed by atoms with Crippen LogP contribution in [-0.4, -0.2) is 19.5 Å². The molecule has 0 aliphatic carbocycles. The highest BCUT2D eigenvalue weighted by Gasteiger charge is 2.08. The van der Waals surface area contributed by atoms with E-state index in [4.69, 9.17) is 0 Å². The molecule has 0 spiro atoms. The molecule has 0 atom stereocenters. The van der Waals surface area contributed by atoms with E-state index in [2.05, 4.69) is 13.8 Å². The minimum atomic E-state index is -1.72. The number of rotatable bonds is 2. The maximum atomic E-state index is 11.0. The third-order valence-electron chi connectivity index (χ3n) is 0.805. The Kier molecular flexibility index (Phi) is 2.76. The van der Waals surface area contributed by atoms with Gasteiger partial charge < -0.3 is 4.57 Å². The normalized spacial score (nSPS) is 12.6. The Morgan fingerprint density at radius 3 is 1.75 bits per heavy atom. The molecule has 1 nitrogen and oxygen atoms in total. The summed E-state index contributed by atoms with van der Waals surface area (Å²) in [6.07, 6.45) is 0.882. The van der Waals surface area contributed by atoms with Crippen LogP contribution in [0.5, 0.6) is 0 Å². The first-order chi connectivity index (χ1) is 3.42. The smallest absolute Gasteiger partial charge is 0.0821 e. The van der Waals surface area contributed by atoms with Gasteiger partial charge in [-0.05, 0) is 19.2 Å². The van der Waals surface area contributed by atoms with Gasteiger partial charge in [0.15, 0.2) is 0 Å². The van der Waals surface area contributed by atoms with Crippen molar-refractivity contribution in [1.82, 2.24) is 0 Å². The molecule has 0 aromatic rings. The summed E-state index contributed by atoms with van der Waals surface area (Å²) in [5.41, 5.74) is 0. The van der Waals surface area contributed by atoms with Gasteiger partial charge in [-0.1, -0.05) is 13.8 Å². The fourth-order valence-corrected chi connectivity index (χ4v) is 2.64. The maximum Gasteiger partial charge on any atom is 0.0821 e. The van der Waals surface area contributed by atoms with Crippen molar-refractivity contribution in [3.8, 4) is 0 Å². The van der Waals surface area contributed by atoms with Gasteiger partial charge in [-0.25, -0.2) is 0 Å². The average molecular weight is 134 g/mol. The van der Waals surface area contributed by atoms with E-state index < -0.39 is 7.14 Å². The SMILES string of the molecule is CC(C)CP(C)(C)=O. The van der Waals surface area contributed by atoms with Gasteiger partial charge in [0, 0.05) is 6.16 Å². The molecule has 0 unspecified atom stereocenters. The van der Waals surface area contributed by atoms with Gasteiger partial charge >= 0.3 is 0 Å². The largest absolute Gasteiger partial charge is 0.324 e. The lowest BCUT2D eigenvalue weighted by molar-refractivity contribution is 0.573. The van der Waals surface area contributed by atoms with E-state index in [1.165, 1.54) is 0 Å². The second kappa shape index (κ2) is 2.68. The van der Waals surface area contributed by atoms with Gasteiger partial charge in [-0.2, -0.15) is 0 Å². The van der Waals surface area contributed by atoms with Crippen LogP contribution in [0.2, 0.25) is 0 Å². The van der Waals surface area contributed by atoms with Crippen LogP contribution >= 0.6 is 7.14 Å². The lowest BCUT2D eigenvalue weighted by atomic mass is 10.3. The monoisotopic (exact) mass is 134 g/mol. The van der Waals surface area contributed by atoms with Crippen LogP contribution in [0.3, 0.4) is 0 Å². The summed E-state index contributed by atoms with van der Waals surface area (Å²) < 4.78 is 11.0. The molecule has 0 aromatic carbocycles. The highest BCUT2D eigenvalue weighted by molar-refractivity contribution is 7.62. The molecule has 0 heterocycles. The zero-order valence-electron chi connectivity index (χ0n) is 6.14. The van der Waals surface area contributed by atoms with Crippen LogP contribution in [-0.2, 0) is 4.57 Å². The second-order valence-corrected chi connectivity index (χ2v) is 6.66. The molecule has 0 aliphatic heterocycles. The van der Waals surface area contributed by atoms with Crippen molar-refractivity contribution < 1.29 is 4.57 Å². The van der Waals surface area contributed by atoms with E-state index in [1.807, 2.05) is 13.3 Å². The van der Waals surface area contributed by atoms with Crippen LogP contribution in [0.25, 0.3) is 0 Å². The lowest BCUT2D eigenvalue weighted by Crippen LogP contribution is -1.94. The van der Waals surface area contributed by atoms with Crippen molar-refractivity contribution in [2.45, 2.75) is 13.8 Å². The van der Waals surface area contributed by atoms with Crippen molar-refractivity contribution in [1.29, 1.82) is 0 Å². The maximum absolute atomic E-state index is 11.0. The first-order valence-electron chi connectivity index (χ1n) is 2.96. The summed E-state index contributed by atoms with van der Waals surface area (Å²) in [6, 6.07) is 0. The molecule has 0 bridgehead atoms. The third-order valence-corrected chi connectivity index (χ3v) is 2.41. The lowest BCUT2D eigenvalue weighted by Gasteiger charge is -2.07. The van der Waals surface area contributed by atoms with Crippen LogP contribution in [0, 0.1) is 5.92 Å². The molecule has 0 amide bonds. The molecule has 0 radical (unpaired) electrons. The fraction of sp³-hybridized carbons (Fsp3) is 1.00. The fourth-order valence-electron chi connectivity index (χ4n) is 0.879. The first-order valence-corrected chi connectivity index (χ1v) is 5.74. The quantitative estimate of drug-likeness (QED) is 0.529. The Morgan fingerprint density at radius 2 is 1.75 bits per heavy atom. The molecular formula is C6H15OP. The van der Waals surface area contributed by atoms with Crippen molar-refractivity contribution >= 4 is 7.14 Å². The van der Waals surface area contributed by atoms with Gasteiger partial charge in [-0.3, -0.25) is 0 Å². The molecule has 0 aromatic heterocycles. The second-order valence-electron chi connectivity index (χ2n) is 3.15. The zero-order valence-corrected chi connectivity index (χ0v) is 7.03. The van der Waals surface area contributed by atoms with Gasteiger partial charge in [0.2, 0.25) is 0 Å². The van der Waals surface area contributed by atoms with Crippen LogP contribution in [0.4, 0.5) is 0 Å². The molecule has 0 aliphatic rings. The molecular weight excluding hydrogens is 119 g/mol. The van der Waals surface area contributed by atoms with Crippen LogP contribution in [0.15, 0.2) is 0 Å². The minimum Gasteiger partial charge on any atom is -0.324 e. The number of hydrogen-bond donors (Lipinski definition) is 0. The predicted octanol–water partition coefficient (Wildman–Crippen LogP) is 2.27. The standard InChI is InChI=1S/C6H15OP/c1-6(2)5-8(3,4)7/h6H,5H2,1-4H3. The summed E-state index contributed by atoms with van der Waals surface area (Å²) in [5.74, 6) is 0.579. The Bertz CT molecular complexity index is 101. The van der Waals surface area contributed by atoms with Gasteiger partial charge in [-0.15, -0.1) is 0 Å². The summed E-state index contributed by atoms with van der Waals surface area (Å²) in [7, 11) is -1.72. The topological polar surface area (TPSA) is 17.1 Å². The zero-order chi connectivity index (χ0) is 6.78. The summed E-state index contributed by atoms with van der Waals surface area (Å²) >= 11 is 0. The molecule has 8 heavy (non-hydrogen) atoms. The van der Waals surface area contributed by atoms with Gasteiger partial charge in [0.25, 0.3) is 0 Å². The summed E-state index contributed by atoms with van der Waals surface area (Å²) in [6.45, 7) is 7.87. The Morgan fingerprint density at radius 1 is 1.38 bits per heavy atom. The summed E-state index contributed by atoms with van der Waals surface area (Å²) in [4.78, 5) is 0. The van der Waals surface area contributed by atoms with Gasteiger partial charge in [0.05, 0.1) is 7.14 Å². The highest BCUT2D eigenvalue weighted by atomic mass is 31.2. The van der Waals surface area contributed by atoms with Crippen molar-refractivity contribution in [2.75, 3.05) is 19.5 Å². The molecule has 0 saturated carbocycles. The Hall–Kier alpha value is 0.230. The molecule has 0 fully saturated rings. The van der Waals surface area contributed by atoms with Crippen molar-refractivity contribution in [3.63, 3.8) is 0 Å². The predicted molar refractivity (Wildman–Crippen MR) is 39.2 cm³/mol. The Labute approximate surface area is 51.9 Å².